The number of fused-ring (bicyclic) bond motifs is 1. The standard InChI is InChI=1S/C20H28N2O3/c1-15-13-22(14-18(15)21-7-10-24-11-8-21)20(23)12-19-17-5-3-2-4-16(17)6-9-25-19/h2-5,15,18-19H,6-14H2,1H3/t15-,18-,19+/m1/s1. The van der Waals surface area contributed by atoms with Gasteiger partial charge in [0.1, 0.15) is 0 Å². The Hall–Kier alpha value is -1.43. The van der Waals surface area contributed by atoms with Crippen molar-refractivity contribution >= 4 is 5.91 Å². The van der Waals surface area contributed by atoms with Gasteiger partial charge in [-0.3, -0.25) is 9.69 Å². The number of likely N-dealkylation sites (tertiary alicyclic amines) is 1. The van der Waals surface area contributed by atoms with Crippen molar-refractivity contribution < 1.29 is 14.3 Å². The van der Waals surface area contributed by atoms with E-state index in [1.165, 1.54) is 11.1 Å². The summed E-state index contributed by atoms with van der Waals surface area (Å²) in [6, 6.07) is 8.83. The van der Waals surface area contributed by atoms with Crippen molar-refractivity contribution in [1.82, 2.24) is 9.80 Å². The molecule has 4 rings (SSSR count). The van der Waals surface area contributed by atoms with Crippen LogP contribution in [0.15, 0.2) is 24.3 Å². The number of amides is 1. The molecule has 3 aliphatic rings. The monoisotopic (exact) mass is 344 g/mol. The van der Waals surface area contributed by atoms with Crippen LogP contribution in [0.25, 0.3) is 0 Å². The number of hydrogen-bond acceptors (Lipinski definition) is 4. The number of benzene rings is 1. The van der Waals surface area contributed by atoms with E-state index in [0.29, 0.717) is 25.0 Å². The number of morpholine rings is 1. The molecule has 0 saturated carbocycles. The first kappa shape index (κ1) is 17.0. The Morgan fingerprint density at radius 3 is 2.80 bits per heavy atom. The number of nitrogens with zero attached hydrogens (tertiary/aromatic N) is 2. The third-order valence-corrected chi connectivity index (χ3v) is 5.89. The number of carbonyl (C=O) groups is 1. The molecule has 3 aliphatic heterocycles. The summed E-state index contributed by atoms with van der Waals surface area (Å²) in [4.78, 5) is 17.4. The van der Waals surface area contributed by atoms with Gasteiger partial charge < -0.3 is 14.4 Å². The maximum atomic E-state index is 12.9. The molecule has 1 amide bonds. The minimum Gasteiger partial charge on any atom is -0.379 e. The van der Waals surface area contributed by atoms with E-state index in [4.69, 9.17) is 9.47 Å². The van der Waals surface area contributed by atoms with Crippen molar-refractivity contribution in [2.45, 2.75) is 31.9 Å². The molecule has 5 heteroatoms. The summed E-state index contributed by atoms with van der Waals surface area (Å²) in [5, 5.41) is 0. The first-order chi connectivity index (χ1) is 12.2. The van der Waals surface area contributed by atoms with Crippen LogP contribution in [0.3, 0.4) is 0 Å². The molecule has 0 N–H and O–H groups in total. The summed E-state index contributed by atoms with van der Waals surface area (Å²) in [6.45, 7) is 8.26. The molecular weight excluding hydrogens is 316 g/mol. The van der Waals surface area contributed by atoms with E-state index in [-0.39, 0.29) is 12.0 Å². The minimum atomic E-state index is -0.0878. The summed E-state index contributed by atoms with van der Waals surface area (Å²) < 4.78 is 11.4. The van der Waals surface area contributed by atoms with Crippen LogP contribution in [0.2, 0.25) is 0 Å². The summed E-state index contributed by atoms with van der Waals surface area (Å²) in [6.07, 6.45) is 1.32. The Kier molecular flexibility index (Phi) is 5.06. The van der Waals surface area contributed by atoms with Crippen molar-refractivity contribution in [1.29, 1.82) is 0 Å². The second-order valence-electron chi connectivity index (χ2n) is 7.50. The van der Waals surface area contributed by atoms with Crippen LogP contribution in [-0.2, 0) is 20.7 Å². The second-order valence-corrected chi connectivity index (χ2v) is 7.50. The van der Waals surface area contributed by atoms with Crippen LogP contribution in [-0.4, -0.2) is 67.7 Å². The smallest absolute Gasteiger partial charge is 0.225 e. The number of carbonyl (C=O) groups excluding carboxylic acids is 1. The van der Waals surface area contributed by atoms with Gasteiger partial charge in [0.25, 0.3) is 0 Å². The topological polar surface area (TPSA) is 42.0 Å². The van der Waals surface area contributed by atoms with Crippen molar-refractivity contribution in [3.8, 4) is 0 Å². The molecule has 5 nitrogen and oxygen atoms in total. The van der Waals surface area contributed by atoms with Gasteiger partial charge in [-0.1, -0.05) is 31.2 Å². The van der Waals surface area contributed by atoms with Crippen LogP contribution in [0, 0.1) is 5.92 Å². The lowest BCUT2D eigenvalue weighted by molar-refractivity contribution is -0.134. The van der Waals surface area contributed by atoms with Crippen LogP contribution >= 0.6 is 0 Å². The number of rotatable bonds is 3. The number of hydrogen-bond donors (Lipinski definition) is 0. The Labute approximate surface area is 149 Å². The molecule has 136 valence electrons. The molecule has 25 heavy (non-hydrogen) atoms. The summed E-state index contributed by atoms with van der Waals surface area (Å²) in [7, 11) is 0. The predicted octanol–water partition coefficient (Wildman–Crippen LogP) is 1.87. The molecular formula is C20H28N2O3. The highest BCUT2D eigenvalue weighted by molar-refractivity contribution is 5.77. The average Bonchev–Trinajstić information content (AvgIpc) is 3.05. The molecule has 3 atom stereocenters. The first-order valence-electron chi connectivity index (χ1n) is 9.51. The Morgan fingerprint density at radius 1 is 1.16 bits per heavy atom. The normalized spacial score (nSPS) is 30.3. The van der Waals surface area contributed by atoms with Gasteiger partial charge in [-0.2, -0.15) is 0 Å². The van der Waals surface area contributed by atoms with Gasteiger partial charge in [0.2, 0.25) is 5.91 Å². The zero-order valence-electron chi connectivity index (χ0n) is 15.0. The zero-order valence-corrected chi connectivity index (χ0v) is 15.0. The van der Waals surface area contributed by atoms with E-state index < -0.39 is 0 Å². The van der Waals surface area contributed by atoms with Gasteiger partial charge in [0.05, 0.1) is 32.3 Å². The van der Waals surface area contributed by atoms with Crippen LogP contribution in [0.1, 0.15) is 30.6 Å². The second kappa shape index (κ2) is 7.44. The lowest BCUT2D eigenvalue weighted by Gasteiger charge is -2.34. The highest BCUT2D eigenvalue weighted by Gasteiger charge is 2.37. The lowest BCUT2D eigenvalue weighted by atomic mass is 9.95. The van der Waals surface area contributed by atoms with Crippen molar-refractivity contribution in [2.75, 3.05) is 46.0 Å². The highest BCUT2D eigenvalue weighted by atomic mass is 16.5. The zero-order chi connectivity index (χ0) is 17.2. The van der Waals surface area contributed by atoms with Crippen molar-refractivity contribution in [3.63, 3.8) is 0 Å². The molecule has 3 heterocycles. The molecule has 0 spiro atoms. The maximum Gasteiger partial charge on any atom is 0.225 e. The third kappa shape index (κ3) is 3.59. The van der Waals surface area contributed by atoms with Crippen molar-refractivity contribution in [2.24, 2.45) is 5.92 Å². The molecule has 2 saturated heterocycles. The molecule has 1 aromatic rings. The Morgan fingerprint density at radius 2 is 1.96 bits per heavy atom. The fraction of sp³-hybridized carbons (Fsp3) is 0.650. The quantitative estimate of drug-likeness (QED) is 0.840. The summed E-state index contributed by atoms with van der Waals surface area (Å²) in [5.41, 5.74) is 2.52. The van der Waals surface area contributed by atoms with Gasteiger partial charge in [-0.25, -0.2) is 0 Å². The fourth-order valence-electron chi connectivity index (χ4n) is 4.47. The molecule has 1 aromatic carbocycles. The van der Waals surface area contributed by atoms with E-state index >= 15 is 0 Å². The molecule has 0 bridgehead atoms. The van der Waals surface area contributed by atoms with Crippen LogP contribution < -0.4 is 0 Å². The minimum absolute atomic E-state index is 0.0878. The predicted molar refractivity (Wildman–Crippen MR) is 95.4 cm³/mol. The SMILES string of the molecule is C[C@@H]1CN(C(=O)C[C@@H]2OCCc3ccccc32)C[C@H]1N1CCOCC1. The number of ether oxygens (including phenoxy) is 2. The summed E-state index contributed by atoms with van der Waals surface area (Å²) >= 11 is 0. The van der Waals surface area contributed by atoms with E-state index in [0.717, 1.165) is 45.8 Å². The van der Waals surface area contributed by atoms with Crippen molar-refractivity contribution in [3.05, 3.63) is 35.4 Å². The molecule has 0 unspecified atom stereocenters. The van der Waals surface area contributed by atoms with Gasteiger partial charge in [0, 0.05) is 32.2 Å². The van der Waals surface area contributed by atoms with Gasteiger partial charge in [-0.05, 0) is 23.5 Å². The Bertz CT molecular complexity index is 615. The van der Waals surface area contributed by atoms with Gasteiger partial charge in [0.15, 0.2) is 0 Å². The van der Waals surface area contributed by atoms with Crippen LogP contribution in [0.4, 0.5) is 0 Å². The Balaban J connectivity index is 1.39. The van der Waals surface area contributed by atoms with E-state index in [2.05, 4.69) is 30.0 Å². The van der Waals surface area contributed by atoms with E-state index in [1.54, 1.807) is 0 Å². The molecule has 0 aromatic heterocycles. The van der Waals surface area contributed by atoms with E-state index in [1.807, 2.05) is 11.0 Å². The van der Waals surface area contributed by atoms with Crippen LogP contribution in [0.5, 0.6) is 0 Å². The molecule has 2 fully saturated rings. The highest BCUT2D eigenvalue weighted by Crippen LogP contribution is 2.31. The average molecular weight is 344 g/mol. The van der Waals surface area contributed by atoms with Gasteiger partial charge in [-0.15, -0.1) is 0 Å². The molecule has 0 radical (unpaired) electrons. The lowest BCUT2D eigenvalue weighted by Crippen LogP contribution is -2.47. The first-order valence-corrected chi connectivity index (χ1v) is 9.51. The van der Waals surface area contributed by atoms with Gasteiger partial charge >= 0.3 is 0 Å². The molecule has 0 aliphatic carbocycles. The third-order valence-electron chi connectivity index (χ3n) is 5.89. The fourth-order valence-corrected chi connectivity index (χ4v) is 4.47. The largest absolute Gasteiger partial charge is 0.379 e. The maximum absolute atomic E-state index is 12.9. The van der Waals surface area contributed by atoms with E-state index in [9.17, 15) is 4.79 Å². The summed E-state index contributed by atoms with van der Waals surface area (Å²) in [5.74, 6) is 0.742.